The zero-order chi connectivity index (χ0) is 15.8. The van der Waals surface area contributed by atoms with E-state index in [0.717, 1.165) is 6.08 Å². The molecule has 5 nitrogen and oxygen atoms in total. The van der Waals surface area contributed by atoms with Crippen molar-refractivity contribution in [3.8, 4) is 5.75 Å². The van der Waals surface area contributed by atoms with Crippen LogP contribution in [0.3, 0.4) is 0 Å². The van der Waals surface area contributed by atoms with Crippen LogP contribution in [-0.4, -0.2) is 29.6 Å². The van der Waals surface area contributed by atoms with Crippen LogP contribution in [0.1, 0.15) is 25.8 Å². The molecule has 0 heterocycles. The van der Waals surface area contributed by atoms with Gasteiger partial charge in [0, 0.05) is 12.1 Å². The van der Waals surface area contributed by atoms with E-state index in [0.29, 0.717) is 16.3 Å². The van der Waals surface area contributed by atoms with Gasteiger partial charge < -0.3 is 15.2 Å². The number of benzene rings is 1. The molecule has 0 unspecified atom stereocenters. The number of carboxylic acid groups (broad SMARTS) is 1. The predicted octanol–water partition coefficient (Wildman–Crippen LogP) is 2.73. The molecule has 2 N–H and O–H groups in total. The van der Waals surface area contributed by atoms with E-state index in [2.05, 4.69) is 5.32 Å². The van der Waals surface area contributed by atoms with E-state index in [4.69, 9.17) is 21.4 Å². The Morgan fingerprint density at radius 2 is 2.14 bits per heavy atom. The maximum absolute atomic E-state index is 11.4. The monoisotopic (exact) mass is 311 g/mol. The average molecular weight is 312 g/mol. The lowest BCUT2D eigenvalue weighted by atomic mass is 10.2. The van der Waals surface area contributed by atoms with Crippen LogP contribution in [-0.2, 0) is 9.59 Å². The van der Waals surface area contributed by atoms with E-state index in [9.17, 15) is 9.59 Å². The summed E-state index contributed by atoms with van der Waals surface area (Å²) in [5, 5.41) is 11.7. The van der Waals surface area contributed by atoms with E-state index in [1.165, 1.54) is 6.08 Å². The number of hydrogen-bond donors (Lipinski definition) is 2. The van der Waals surface area contributed by atoms with Crippen molar-refractivity contribution in [2.75, 3.05) is 6.61 Å². The van der Waals surface area contributed by atoms with Crippen LogP contribution in [0.25, 0.3) is 6.08 Å². The van der Waals surface area contributed by atoms with Crippen LogP contribution < -0.4 is 10.1 Å². The van der Waals surface area contributed by atoms with E-state index in [1.807, 2.05) is 13.8 Å². The summed E-state index contributed by atoms with van der Waals surface area (Å²) in [6.07, 6.45) is 2.71. The van der Waals surface area contributed by atoms with Gasteiger partial charge in [-0.25, -0.2) is 4.79 Å². The molecular weight excluding hydrogens is 294 g/mol. The molecule has 0 bridgehead atoms. The van der Waals surface area contributed by atoms with Crippen LogP contribution in [0.15, 0.2) is 24.3 Å². The van der Waals surface area contributed by atoms with Gasteiger partial charge in [-0.15, -0.1) is 0 Å². The highest BCUT2D eigenvalue weighted by Gasteiger charge is 2.06. The highest BCUT2D eigenvalue weighted by Crippen LogP contribution is 2.26. The minimum atomic E-state index is -1.03. The molecule has 114 valence electrons. The van der Waals surface area contributed by atoms with Gasteiger partial charge >= 0.3 is 5.97 Å². The molecule has 0 atom stereocenters. The number of ether oxygens (including phenoxy) is 1. The molecule has 0 fully saturated rings. The first-order valence-electron chi connectivity index (χ1n) is 6.51. The van der Waals surface area contributed by atoms with Gasteiger partial charge in [0.25, 0.3) is 0 Å². The summed E-state index contributed by atoms with van der Waals surface area (Å²) in [4.78, 5) is 21.9. The first kappa shape index (κ1) is 17.0. The third-order valence-electron chi connectivity index (χ3n) is 2.41. The Balaban J connectivity index is 2.53. The summed E-state index contributed by atoms with van der Waals surface area (Å²) < 4.78 is 5.44. The van der Waals surface area contributed by atoms with Crippen molar-refractivity contribution in [3.05, 3.63) is 34.9 Å². The summed E-state index contributed by atoms with van der Waals surface area (Å²) in [5.74, 6) is -0.647. The number of nitrogens with one attached hydrogen (secondary N) is 1. The first-order valence-corrected chi connectivity index (χ1v) is 6.89. The highest BCUT2D eigenvalue weighted by atomic mass is 35.5. The van der Waals surface area contributed by atoms with Crippen LogP contribution in [0.4, 0.5) is 0 Å². The standard InChI is InChI=1S/C15H18ClNO4/c1-10(2)17-14(18)7-8-21-13-5-3-11(9-12(13)16)4-6-15(19)20/h3-6,9-10H,7-8H2,1-2H3,(H,17,18)(H,19,20). The van der Waals surface area contributed by atoms with Crippen LogP contribution >= 0.6 is 11.6 Å². The average Bonchev–Trinajstić information content (AvgIpc) is 2.37. The van der Waals surface area contributed by atoms with Gasteiger partial charge in [0.05, 0.1) is 18.1 Å². The molecule has 0 aliphatic heterocycles. The fraction of sp³-hybridized carbons (Fsp3) is 0.333. The number of rotatable bonds is 7. The van der Waals surface area contributed by atoms with E-state index in [1.54, 1.807) is 18.2 Å². The van der Waals surface area contributed by atoms with Gasteiger partial charge in [-0.2, -0.15) is 0 Å². The molecule has 0 aliphatic carbocycles. The molecule has 0 aliphatic rings. The molecule has 1 aromatic carbocycles. The molecule has 0 aromatic heterocycles. The van der Waals surface area contributed by atoms with Gasteiger partial charge in [-0.3, -0.25) is 4.79 Å². The van der Waals surface area contributed by atoms with Crippen molar-refractivity contribution < 1.29 is 19.4 Å². The second-order valence-corrected chi connectivity index (χ2v) is 5.09. The van der Waals surface area contributed by atoms with Crippen molar-refractivity contribution in [1.29, 1.82) is 0 Å². The predicted molar refractivity (Wildman–Crippen MR) is 81.5 cm³/mol. The molecular formula is C15H18ClNO4. The summed E-state index contributed by atoms with van der Waals surface area (Å²) >= 11 is 6.04. The topological polar surface area (TPSA) is 75.6 Å². The molecule has 1 amide bonds. The Hall–Kier alpha value is -2.01. The quantitative estimate of drug-likeness (QED) is 0.759. The lowest BCUT2D eigenvalue weighted by Gasteiger charge is -2.10. The van der Waals surface area contributed by atoms with Crippen molar-refractivity contribution >= 4 is 29.6 Å². The van der Waals surface area contributed by atoms with Crippen LogP contribution in [0.5, 0.6) is 5.75 Å². The largest absolute Gasteiger partial charge is 0.491 e. The van der Waals surface area contributed by atoms with Gasteiger partial charge in [0.15, 0.2) is 0 Å². The number of amides is 1. The Bertz CT molecular complexity index is 540. The Labute approximate surface area is 128 Å². The normalized spacial score (nSPS) is 10.9. The zero-order valence-corrected chi connectivity index (χ0v) is 12.7. The second-order valence-electron chi connectivity index (χ2n) is 4.68. The molecule has 1 rings (SSSR count). The van der Waals surface area contributed by atoms with Crippen LogP contribution in [0.2, 0.25) is 5.02 Å². The van der Waals surface area contributed by atoms with Crippen molar-refractivity contribution in [2.45, 2.75) is 26.3 Å². The second kappa shape index (κ2) is 8.32. The fourth-order valence-corrected chi connectivity index (χ4v) is 1.80. The summed E-state index contributed by atoms with van der Waals surface area (Å²) in [6, 6.07) is 5.03. The maximum atomic E-state index is 11.4. The smallest absolute Gasteiger partial charge is 0.328 e. The Morgan fingerprint density at radius 3 is 2.71 bits per heavy atom. The summed E-state index contributed by atoms with van der Waals surface area (Å²) in [5.41, 5.74) is 0.660. The van der Waals surface area contributed by atoms with E-state index >= 15 is 0 Å². The van der Waals surface area contributed by atoms with Crippen molar-refractivity contribution in [1.82, 2.24) is 5.32 Å². The molecule has 0 radical (unpaired) electrons. The molecule has 1 aromatic rings. The van der Waals surface area contributed by atoms with E-state index in [-0.39, 0.29) is 25.0 Å². The molecule has 0 spiro atoms. The van der Waals surface area contributed by atoms with Crippen molar-refractivity contribution in [3.63, 3.8) is 0 Å². The SMILES string of the molecule is CC(C)NC(=O)CCOc1ccc(C=CC(=O)O)cc1Cl. The summed E-state index contributed by atoms with van der Waals surface area (Å²) in [7, 11) is 0. The third-order valence-corrected chi connectivity index (χ3v) is 2.71. The summed E-state index contributed by atoms with van der Waals surface area (Å²) in [6.45, 7) is 4.00. The molecule has 0 saturated carbocycles. The molecule has 21 heavy (non-hydrogen) atoms. The lowest BCUT2D eigenvalue weighted by Crippen LogP contribution is -2.31. The van der Waals surface area contributed by atoms with Gasteiger partial charge in [0.1, 0.15) is 5.75 Å². The fourth-order valence-electron chi connectivity index (χ4n) is 1.55. The minimum Gasteiger partial charge on any atom is -0.491 e. The number of aliphatic carboxylic acids is 1. The van der Waals surface area contributed by atoms with Crippen LogP contribution in [0, 0.1) is 0 Å². The number of halogens is 1. The minimum absolute atomic E-state index is 0.0814. The van der Waals surface area contributed by atoms with Gasteiger partial charge in [-0.05, 0) is 37.6 Å². The number of carboxylic acids is 1. The number of carbonyl (C=O) groups is 2. The Kier molecular flexibility index (Phi) is 6.75. The van der Waals surface area contributed by atoms with Gasteiger partial charge in [-0.1, -0.05) is 17.7 Å². The zero-order valence-electron chi connectivity index (χ0n) is 11.9. The first-order chi connectivity index (χ1) is 9.88. The highest BCUT2D eigenvalue weighted by molar-refractivity contribution is 6.32. The van der Waals surface area contributed by atoms with Crippen molar-refractivity contribution in [2.24, 2.45) is 0 Å². The third kappa shape index (κ3) is 6.81. The van der Waals surface area contributed by atoms with Gasteiger partial charge in [0.2, 0.25) is 5.91 Å². The van der Waals surface area contributed by atoms with E-state index < -0.39 is 5.97 Å². The molecule has 0 saturated heterocycles. The number of hydrogen-bond acceptors (Lipinski definition) is 3. The lowest BCUT2D eigenvalue weighted by molar-refractivity contribution is -0.131. The Morgan fingerprint density at radius 1 is 1.43 bits per heavy atom. The number of carbonyl (C=O) groups excluding carboxylic acids is 1. The maximum Gasteiger partial charge on any atom is 0.328 e. The molecule has 6 heteroatoms.